The molecule has 1 aromatic rings. The maximum Gasteiger partial charge on any atom is 0.272 e. The summed E-state index contributed by atoms with van der Waals surface area (Å²) >= 11 is 3.26. The van der Waals surface area contributed by atoms with Crippen molar-refractivity contribution in [1.29, 1.82) is 0 Å². The number of amides is 1. The van der Waals surface area contributed by atoms with E-state index in [1.54, 1.807) is 24.1 Å². The van der Waals surface area contributed by atoms with E-state index in [0.29, 0.717) is 16.8 Å². The normalized spacial score (nSPS) is 11.3. The van der Waals surface area contributed by atoms with E-state index in [0.717, 1.165) is 0 Å². The molecule has 4 heteroatoms. The van der Waals surface area contributed by atoms with E-state index in [1.165, 1.54) is 0 Å². The number of pyridine rings is 1. The van der Waals surface area contributed by atoms with Crippen LogP contribution in [0.4, 0.5) is 0 Å². The summed E-state index contributed by atoms with van der Waals surface area (Å²) in [5, 5.41) is 0. The molecule has 1 rings (SSSR count). The zero-order valence-corrected chi connectivity index (χ0v) is 11.7. The molecule has 88 valence electrons. The minimum atomic E-state index is -0.0452. The minimum absolute atomic E-state index is 0.0452. The summed E-state index contributed by atoms with van der Waals surface area (Å²) in [6, 6.07) is 5.35. The van der Waals surface area contributed by atoms with E-state index in [-0.39, 0.29) is 11.3 Å². The fraction of sp³-hybridized carbons (Fsp3) is 0.500. The second-order valence-corrected chi connectivity index (χ2v) is 5.88. The van der Waals surface area contributed by atoms with Crippen LogP contribution in [0.15, 0.2) is 22.8 Å². The second kappa shape index (κ2) is 4.95. The Morgan fingerprint density at radius 3 is 2.56 bits per heavy atom. The van der Waals surface area contributed by atoms with Crippen LogP contribution in [-0.2, 0) is 0 Å². The first-order valence-corrected chi connectivity index (χ1v) is 5.97. The van der Waals surface area contributed by atoms with Gasteiger partial charge in [0.15, 0.2) is 0 Å². The molecule has 0 saturated heterocycles. The third-order valence-corrected chi connectivity index (χ3v) is 2.43. The van der Waals surface area contributed by atoms with Gasteiger partial charge in [-0.3, -0.25) is 4.79 Å². The van der Waals surface area contributed by atoms with Gasteiger partial charge in [0, 0.05) is 13.6 Å². The van der Waals surface area contributed by atoms with Crippen LogP contribution in [0.2, 0.25) is 0 Å². The predicted octanol–water partition coefficient (Wildman–Crippen LogP) is 2.96. The summed E-state index contributed by atoms with van der Waals surface area (Å²) in [5.74, 6) is -0.0452. The van der Waals surface area contributed by atoms with Gasteiger partial charge in [-0.2, -0.15) is 0 Å². The molecule has 0 N–H and O–H groups in total. The van der Waals surface area contributed by atoms with E-state index in [4.69, 9.17) is 0 Å². The van der Waals surface area contributed by atoms with Crippen LogP contribution in [-0.4, -0.2) is 29.4 Å². The largest absolute Gasteiger partial charge is 0.340 e. The second-order valence-electron chi connectivity index (χ2n) is 5.07. The lowest BCUT2D eigenvalue weighted by molar-refractivity contribution is 0.0739. The van der Waals surface area contributed by atoms with Crippen LogP contribution < -0.4 is 0 Å². The molecule has 0 saturated carbocycles. The van der Waals surface area contributed by atoms with Gasteiger partial charge in [-0.15, -0.1) is 0 Å². The molecule has 1 heterocycles. The van der Waals surface area contributed by atoms with Crippen molar-refractivity contribution >= 4 is 21.8 Å². The maximum absolute atomic E-state index is 12.0. The van der Waals surface area contributed by atoms with Crippen LogP contribution in [0, 0.1) is 5.41 Å². The van der Waals surface area contributed by atoms with Gasteiger partial charge in [0.25, 0.3) is 5.91 Å². The number of rotatable bonds is 2. The topological polar surface area (TPSA) is 33.2 Å². The molecule has 16 heavy (non-hydrogen) atoms. The highest BCUT2D eigenvalue weighted by Crippen LogP contribution is 2.16. The fourth-order valence-corrected chi connectivity index (χ4v) is 1.85. The third kappa shape index (κ3) is 3.93. The van der Waals surface area contributed by atoms with Crippen molar-refractivity contribution in [2.24, 2.45) is 5.41 Å². The first-order chi connectivity index (χ1) is 7.29. The average Bonchev–Trinajstić information content (AvgIpc) is 2.14. The van der Waals surface area contributed by atoms with Crippen molar-refractivity contribution in [2.45, 2.75) is 20.8 Å². The Kier molecular flexibility index (Phi) is 4.08. The predicted molar refractivity (Wildman–Crippen MR) is 68.4 cm³/mol. The maximum atomic E-state index is 12.0. The van der Waals surface area contributed by atoms with Crippen LogP contribution in [0.25, 0.3) is 0 Å². The summed E-state index contributed by atoms with van der Waals surface area (Å²) in [7, 11) is 1.80. The summed E-state index contributed by atoms with van der Waals surface area (Å²) in [4.78, 5) is 17.9. The Labute approximate surface area is 105 Å². The lowest BCUT2D eigenvalue weighted by Crippen LogP contribution is -2.34. The van der Waals surface area contributed by atoms with Gasteiger partial charge >= 0.3 is 0 Å². The Morgan fingerprint density at radius 2 is 2.06 bits per heavy atom. The summed E-state index contributed by atoms with van der Waals surface area (Å²) in [5.41, 5.74) is 0.567. The molecule has 3 nitrogen and oxygen atoms in total. The van der Waals surface area contributed by atoms with E-state index in [1.807, 2.05) is 6.07 Å². The highest BCUT2D eigenvalue weighted by molar-refractivity contribution is 9.10. The highest BCUT2D eigenvalue weighted by Gasteiger charge is 2.19. The molecule has 0 spiro atoms. The summed E-state index contributed by atoms with van der Waals surface area (Å²) in [6.45, 7) is 7.02. The Hall–Kier alpha value is -0.900. The number of nitrogens with zero attached hydrogens (tertiary/aromatic N) is 2. The van der Waals surface area contributed by atoms with Crippen molar-refractivity contribution in [3.8, 4) is 0 Å². The third-order valence-electron chi connectivity index (χ3n) is 1.99. The number of carbonyl (C=O) groups is 1. The zero-order valence-electron chi connectivity index (χ0n) is 10.1. The number of halogens is 1. The van der Waals surface area contributed by atoms with Gasteiger partial charge in [-0.1, -0.05) is 26.8 Å². The molecule has 0 fully saturated rings. The standard InChI is InChI=1S/C12H17BrN2O/c1-12(2,3)8-15(4)11(16)9-6-5-7-10(13)14-9/h5-7H,8H2,1-4H3. The molecule has 0 bridgehead atoms. The highest BCUT2D eigenvalue weighted by atomic mass is 79.9. The van der Waals surface area contributed by atoms with Crippen LogP contribution in [0.1, 0.15) is 31.3 Å². The summed E-state index contributed by atoms with van der Waals surface area (Å²) in [6.07, 6.45) is 0. The van der Waals surface area contributed by atoms with Crippen LogP contribution in [0.3, 0.4) is 0 Å². The molecule has 0 aromatic carbocycles. The van der Waals surface area contributed by atoms with Crippen molar-refractivity contribution in [3.05, 3.63) is 28.5 Å². The number of carbonyl (C=O) groups excluding carboxylic acids is 1. The zero-order chi connectivity index (χ0) is 12.3. The average molecular weight is 285 g/mol. The minimum Gasteiger partial charge on any atom is -0.340 e. The van der Waals surface area contributed by atoms with Gasteiger partial charge in [-0.25, -0.2) is 4.98 Å². The Balaban J connectivity index is 2.78. The number of aromatic nitrogens is 1. The van der Waals surface area contributed by atoms with Gasteiger partial charge in [0.2, 0.25) is 0 Å². The molecule has 0 aliphatic heterocycles. The van der Waals surface area contributed by atoms with Gasteiger partial charge in [-0.05, 0) is 33.5 Å². The molecule has 1 aromatic heterocycles. The van der Waals surface area contributed by atoms with E-state index in [9.17, 15) is 4.79 Å². The van der Waals surface area contributed by atoms with Crippen molar-refractivity contribution in [2.75, 3.05) is 13.6 Å². The molecule has 0 aliphatic rings. The van der Waals surface area contributed by atoms with Crippen LogP contribution in [0.5, 0.6) is 0 Å². The lowest BCUT2D eigenvalue weighted by Gasteiger charge is -2.26. The van der Waals surface area contributed by atoms with E-state index >= 15 is 0 Å². The van der Waals surface area contributed by atoms with Gasteiger partial charge in [0.05, 0.1) is 0 Å². The monoisotopic (exact) mass is 284 g/mol. The first-order valence-electron chi connectivity index (χ1n) is 5.17. The van der Waals surface area contributed by atoms with Crippen LogP contribution >= 0.6 is 15.9 Å². The molecular weight excluding hydrogens is 268 g/mol. The molecule has 0 unspecified atom stereocenters. The van der Waals surface area contributed by atoms with E-state index in [2.05, 4.69) is 41.7 Å². The van der Waals surface area contributed by atoms with Crippen molar-refractivity contribution in [3.63, 3.8) is 0 Å². The molecule has 0 radical (unpaired) electrons. The summed E-state index contributed by atoms with van der Waals surface area (Å²) < 4.78 is 0.683. The van der Waals surface area contributed by atoms with E-state index < -0.39 is 0 Å². The van der Waals surface area contributed by atoms with Gasteiger partial charge in [0.1, 0.15) is 10.3 Å². The number of hydrogen-bond donors (Lipinski definition) is 0. The Morgan fingerprint density at radius 1 is 1.44 bits per heavy atom. The van der Waals surface area contributed by atoms with Crippen molar-refractivity contribution < 1.29 is 4.79 Å². The quantitative estimate of drug-likeness (QED) is 0.783. The molecular formula is C12H17BrN2O. The SMILES string of the molecule is CN(CC(C)(C)C)C(=O)c1cccc(Br)n1. The molecule has 0 atom stereocenters. The van der Waals surface area contributed by atoms with Crippen molar-refractivity contribution in [1.82, 2.24) is 9.88 Å². The van der Waals surface area contributed by atoms with Gasteiger partial charge < -0.3 is 4.90 Å². The molecule has 1 amide bonds. The smallest absolute Gasteiger partial charge is 0.272 e. The molecule has 0 aliphatic carbocycles. The fourth-order valence-electron chi connectivity index (χ4n) is 1.51. The lowest BCUT2D eigenvalue weighted by atomic mass is 9.96. The Bertz CT molecular complexity index is 385. The first kappa shape index (κ1) is 13.2. The number of hydrogen-bond acceptors (Lipinski definition) is 2.